The van der Waals surface area contributed by atoms with Gasteiger partial charge in [-0.25, -0.2) is 4.39 Å². The molecule has 0 bridgehead atoms. The zero-order valence-corrected chi connectivity index (χ0v) is 13.4. The SMILES string of the molecule is CC(C)N(CC1CCCN1)C(=O)c1c(F)cccc1Br. The van der Waals surface area contributed by atoms with Gasteiger partial charge in [0.05, 0.1) is 5.56 Å². The van der Waals surface area contributed by atoms with E-state index in [-0.39, 0.29) is 17.5 Å². The Bertz CT molecular complexity index is 467. The van der Waals surface area contributed by atoms with Crippen LogP contribution in [0.3, 0.4) is 0 Å². The monoisotopic (exact) mass is 342 g/mol. The second kappa shape index (κ2) is 6.68. The van der Waals surface area contributed by atoms with E-state index in [0.29, 0.717) is 17.1 Å². The van der Waals surface area contributed by atoms with Gasteiger partial charge < -0.3 is 10.2 Å². The topological polar surface area (TPSA) is 32.3 Å². The van der Waals surface area contributed by atoms with E-state index in [1.807, 2.05) is 13.8 Å². The summed E-state index contributed by atoms with van der Waals surface area (Å²) >= 11 is 3.27. The summed E-state index contributed by atoms with van der Waals surface area (Å²) in [5.74, 6) is -0.729. The Labute approximate surface area is 127 Å². The summed E-state index contributed by atoms with van der Waals surface area (Å²) in [5.41, 5.74) is 0.124. The standard InChI is InChI=1S/C15H20BrFN2O/c1-10(2)19(9-11-5-4-8-18-11)15(20)14-12(16)6-3-7-13(14)17/h3,6-7,10-11,18H,4-5,8-9H2,1-2H3. The molecule has 0 aliphatic carbocycles. The van der Waals surface area contributed by atoms with Crippen LogP contribution >= 0.6 is 15.9 Å². The molecule has 3 nitrogen and oxygen atoms in total. The maximum Gasteiger partial charge on any atom is 0.258 e. The van der Waals surface area contributed by atoms with Crippen molar-refractivity contribution in [3.05, 3.63) is 34.1 Å². The normalized spacial score (nSPS) is 18.6. The zero-order chi connectivity index (χ0) is 14.7. The molecule has 0 spiro atoms. The molecule has 1 amide bonds. The maximum absolute atomic E-state index is 13.9. The van der Waals surface area contributed by atoms with E-state index >= 15 is 0 Å². The molecule has 1 fully saturated rings. The Morgan fingerprint density at radius 3 is 2.85 bits per heavy atom. The van der Waals surface area contributed by atoms with Crippen LogP contribution in [-0.4, -0.2) is 36.0 Å². The second-order valence-corrected chi connectivity index (χ2v) is 6.30. The summed E-state index contributed by atoms with van der Waals surface area (Å²) in [7, 11) is 0. The molecule has 1 aliphatic heterocycles. The van der Waals surface area contributed by atoms with E-state index in [1.54, 1.807) is 17.0 Å². The number of halogens is 2. The first kappa shape index (κ1) is 15.4. The average Bonchev–Trinajstić information content (AvgIpc) is 2.88. The summed E-state index contributed by atoms with van der Waals surface area (Å²) in [6.07, 6.45) is 2.20. The quantitative estimate of drug-likeness (QED) is 0.911. The molecule has 0 aromatic heterocycles. The summed E-state index contributed by atoms with van der Waals surface area (Å²) < 4.78 is 14.5. The Morgan fingerprint density at radius 1 is 1.55 bits per heavy atom. The van der Waals surface area contributed by atoms with Crippen LogP contribution in [0.4, 0.5) is 4.39 Å². The molecular weight excluding hydrogens is 323 g/mol. The number of nitrogens with one attached hydrogen (secondary N) is 1. The molecule has 1 N–H and O–H groups in total. The lowest BCUT2D eigenvalue weighted by molar-refractivity contribution is 0.0683. The third-order valence-electron chi connectivity index (χ3n) is 3.64. The van der Waals surface area contributed by atoms with Crippen LogP contribution in [0.5, 0.6) is 0 Å². The van der Waals surface area contributed by atoms with E-state index in [2.05, 4.69) is 21.2 Å². The number of benzene rings is 1. The molecule has 1 aromatic carbocycles. The predicted octanol–water partition coefficient (Wildman–Crippen LogP) is 3.19. The number of hydrogen-bond acceptors (Lipinski definition) is 2. The van der Waals surface area contributed by atoms with Crippen molar-refractivity contribution < 1.29 is 9.18 Å². The second-order valence-electron chi connectivity index (χ2n) is 5.44. The molecule has 0 saturated carbocycles. The fourth-order valence-corrected chi connectivity index (χ4v) is 3.04. The number of nitrogens with zero attached hydrogens (tertiary/aromatic N) is 1. The Morgan fingerprint density at radius 2 is 2.30 bits per heavy atom. The number of carbonyl (C=O) groups excluding carboxylic acids is 1. The third-order valence-corrected chi connectivity index (χ3v) is 4.30. The highest BCUT2D eigenvalue weighted by Crippen LogP contribution is 2.23. The van der Waals surface area contributed by atoms with Gasteiger partial charge in [-0.3, -0.25) is 4.79 Å². The van der Waals surface area contributed by atoms with E-state index in [9.17, 15) is 9.18 Å². The molecule has 110 valence electrons. The molecule has 1 saturated heterocycles. The molecule has 2 rings (SSSR count). The summed E-state index contributed by atoms with van der Waals surface area (Å²) in [6, 6.07) is 4.96. The van der Waals surface area contributed by atoms with Crippen molar-refractivity contribution in [2.75, 3.05) is 13.1 Å². The molecule has 5 heteroatoms. The third kappa shape index (κ3) is 3.38. The number of amides is 1. The van der Waals surface area contributed by atoms with Gasteiger partial charge in [0, 0.05) is 23.1 Å². The van der Waals surface area contributed by atoms with Crippen LogP contribution in [-0.2, 0) is 0 Å². The van der Waals surface area contributed by atoms with Gasteiger partial charge in [0.15, 0.2) is 0 Å². The van der Waals surface area contributed by atoms with Crippen molar-refractivity contribution in [3.8, 4) is 0 Å². The van der Waals surface area contributed by atoms with Gasteiger partial charge in [0.1, 0.15) is 5.82 Å². The molecule has 0 radical (unpaired) electrons. The average molecular weight is 343 g/mol. The largest absolute Gasteiger partial charge is 0.335 e. The van der Waals surface area contributed by atoms with Crippen LogP contribution in [0.2, 0.25) is 0 Å². The minimum Gasteiger partial charge on any atom is -0.335 e. The Hall–Kier alpha value is -0.940. The van der Waals surface area contributed by atoms with E-state index in [0.717, 1.165) is 19.4 Å². The van der Waals surface area contributed by atoms with Crippen LogP contribution in [0, 0.1) is 5.82 Å². The molecule has 1 aliphatic rings. The van der Waals surface area contributed by atoms with Crippen LogP contribution in [0.15, 0.2) is 22.7 Å². The highest BCUT2D eigenvalue weighted by Gasteiger charge is 2.27. The zero-order valence-electron chi connectivity index (χ0n) is 11.8. The lowest BCUT2D eigenvalue weighted by Gasteiger charge is -2.30. The smallest absolute Gasteiger partial charge is 0.258 e. The summed E-state index contributed by atoms with van der Waals surface area (Å²) in [4.78, 5) is 14.4. The lowest BCUT2D eigenvalue weighted by Crippen LogP contribution is -2.45. The van der Waals surface area contributed by atoms with Gasteiger partial charge in [0.2, 0.25) is 0 Å². The van der Waals surface area contributed by atoms with Crippen LogP contribution < -0.4 is 5.32 Å². The van der Waals surface area contributed by atoms with Crippen molar-refractivity contribution in [2.45, 2.75) is 38.8 Å². The van der Waals surface area contributed by atoms with Crippen molar-refractivity contribution >= 4 is 21.8 Å². The number of hydrogen-bond donors (Lipinski definition) is 1. The van der Waals surface area contributed by atoms with Gasteiger partial charge in [0.25, 0.3) is 5.91 Å². The summed E-state index contributed by atoms with van der Waals surface area (Å²) in [6.45, 7) is 5.54. The molecular formula is C15H20BrFN2O. The van der Waals surface area contributed by atoms with Crippen LogP contribution in [0.1, 0.15) is 37.0 Å². The highest BCUT2D eigenvalue weighted by molar-refractivity contribution is 9.10. The minimum atomic E-state index is -0.477. The van der Waals surface area contributed by atoms with Crippen molar-refractivity contribution in [2.24, 2.45) is 0 Å². The van der Waals surface area contributed by atoms with Crippen molar-refractivity contribution in [1.82, 2.24) is 10.2 Å². The van der Waals surface area contributed by atoms with Gasteiger partial charge in [-0.2, -0.15) is 0 Å². The molecule has 1 heterocycles. The van der Waals surface area contributed by atoms with Crippen molar-refractivity contribution in [1.29, 1.82) is 0 Å². The molecule has 20 heavy (non-hydrogen) atoms. The van der Waals surface area contributed by atoms with Gasteiger partial charge in [-0.15, -0.1) is 0 Å². The molecule has 1 unspecified atom stereocenters. The highest BCUT2D eigenvalue weighted by atomic mass is 79.9. The first-order valence-corrected chi connectivity index (χ1v) is 7.78. The maximum atomic E-state index is 13.9. The summed E-state index contributed by atoms with van der Waals surface area (Å²) in [5, 5.41) is 3.38. The minimum absolute atomic E-state index is 0.0383. The molecule has 1 atom stereocenters. The van der Waals surface area contributed by atoms with Gasteiger partial charge in [-0.05, 0) is 61.3 Å². The Kier molecular flexibility index (Phi) is 5.16. The fourth-order valence-electron chi connectivity index (χ4n) is 2.52. The van der Waals surface area contributed by atoms with Gasteiger partial charge in [-0.1, -0.05) is 6.07 Å². The van der Waals surface area contributed by atoms with Gasteiger partial charge >= 0.3 is 0 Å². The van der Waals surface area contributed by atoms with Crippen LogP contribution in [0.25, 0.3) is 0 Å². The first-order valence-electron chi connectivity index (χ1n) is 6.99. The van der Waals surface area contributed by atoms with E-state index < -0.39 is 5.82 Å². The fraction of sp³-hybridized carbons (Fsp3) is 0.533. The lowest BCUT2D eigenvalue weighted by atomic mass is 10.1. The number of rotatable bonds is 4. The van der Waals surface area contributed by atoms with E-state index in [1.165, 1.54) is 6.07 Å². The number of carbonyl (C=O) groups is 1. The first-order chi connectivity index (χ1) is 9.50. The molecule has 1 aromatic rings. The van der Waals surface area contributed by atoms with Crippen molar-refractivity contribution in [3.63, 3.8) is 0 Å². The predicted molar refractivity (Wildman–Crippen MR) is 81.3 cm³/mol. The van der Waals surface area contributed by atoms with E-state index in [4.69, 9.17) is 0 Å². The Balaban J connectivity index is 2.22.